The Balaban J connectivity index is 1.59. The number of ether oxygens (including phenoxy) is 1. The zero-order valence-corrected chi connectivity index (χ0v) is 17.6. The van der Waals surface area contributed by atoms with Crippen LogP contribution in [0, 0.1) is 0 Å². The zero-order valence-electron chi connectivity index (χ0n) is 16.8. The number of hydrogen-bond donors (Lipinski definition) is 1. The lowest BCUT2D eigenvalue weighted by molar-refractivity contribution is -0.137. The molecule has 162 valence electrons. The van der Waals surface area contributed by atoms with Crippen LogP contribution in [0.5, 0.6) is 0 Å². The normalized spacial score (nSPS) is 12.0. The first-order chi connectivity index (χ1) is 14.8. The smallest absolute Gasteiger partial charge is 0.385 e. The summed E-state index contributed by atoms with van der Waals surface area (Å²) in [5, 5.41) is 3.51. The Hall–Kier alpha value is -2.98. The van der Waals surface area contributed by atoms with E-state index < -0.39 is 11.7 Å². The number of anilines is 2. The van der Waals surface area contributed by atoms with E-state index in [0.29, 0.717) is 51.8 Å². The summed E-state index contributed by atoms with van der Waals surface area (Å²) in [4.78, 5) is 21.2. The number of halogens is 3. The minimum Gasteiger partial charge on any atom is -0.385 e. The molecule has 2 aromatic carbocycles. The molecule has 0 aliphatic heterocycles. The third kappa shape index (κ3) is 4.40. The Morgan fingerprint density at radius 2 is 1.97 bits per heavy atom. The summed E-state index contributed by atoms with van der Waals surface area (Å²) < 4.78 is 46.0. The summed E-state index contributed by atoms with van der Waals surface area (Å²) in [7, 11) is 3.41. The van der Waals surface area contributed by atoms with Gasteiger partial charge in [-0.25, -0.2) is 9.97 Å². The van der Waals surface area contributed by atoms with E-state index in [2.05, 4.69) is 15.3 Å². The Bertz CT molecular complexity index is 1260. The number of aryl methyl sites for hydroxylation is 1. The minimum atomic E-state index is -4.40. The number of ketones is 1. The van der Waals surface area contributed by atoms with Gasteiger partial charge in [0.2, 0.25) is 5.95 Å². The van der Waals surface area contributed by atoms with Crippen LogP contribution in [-0.2, 0) is 18.0 Å². The molecule has 1 N–H and O–H groups in total. The number of nitrogens with one attached hydrogen (secondary N) is 1. The number of imidazole rings is 1. The number of nitrogens with zero attached hydrogens (tertiary/aromatic N) is 3. The highest BCUT2D eigenvalue weighted by molar-refractivity contribution is 7.22. The van der Waals surface area contributed by atoms with Crippen LogP contribution in [0.4, 0.5) is 24.3 Å². The van der Waals surface area contributed by atoms with E-state index in [4.69, 9.17) is 4.74 Å². The Labute approximate surface area is 179 Å². The maximum absolute atomic E-state index is 12.9. The molecule has 4 aromatic rings. The van der Waals surface area contributed by atoms with E-state index in [1.807, 2.05) is 17.7 Å². The first-order valence-corrected chi connectivity index (χ1v) is 10.3. The van der Waals surface area contributed by atoms with Crippen LogP contribution < -0.4 is 5.32 Å². The van der Waals surface area contributed by atoms with Gasteiger partial charge in [-0.15, -0.1) is 0 Å². The van der Waals surface area contributed by atoms with Gasteiger partial charge in [-0.1, -0.05) is 11.3 Å². The molecule has 0 bridgehead atoms. The lowest BCUT2D eigenvalue weighted by Gasteiger charge is -2.04. The summed E-state index contributed by atoms with van der Waals surface area (Å²) in [6.07, 6.45) is -3.36. The Morgan fingerprint density at radius 1 is 1.16 bits per heavy atom. The van der Waals surface area contributed by atoms with Gasteiger partial charge in [0.1, 0.15) is 0 Å². The second-order valence-corrected chi connectivity index (χ2v) is 8.07. The molecule has 0 aliphatic rings. The van der Waals surface area contributed by atoms with E-state index in [1.165, 1.54) is 6.07 Å². The lowest BCUT2D eigenvalue weighted by Crippen LogP contribution is -2.03. The molecule has 2 heterocycles. The molecule has 0 fully saturated rings. The van der Waals surface area contributed by atoms with Crippen molar-refractivity contribution in [1.29, 1.82) is 0 Å². The molecule has 0 spiro atoms. The number of benzene rings is 2. The van der Waals surface area contributed by atoms with Crippen molar-refractivity contribution in [2.24, 2.45) is 7.05 Å². The van der Waals surface area contributed by atoms with Crippen LogP contribution in [0.15, 0.2) is 36.4 Å². The number of thiazole rings is 1. The van der Waals surface area contributed by atoms with Gasteiger partial charge >= 0.3 is 6.18 Å². The topological polar surface area (TPSA) is 69.0 Å². The standard InChI is InChI=1S/C21H19F3N4O2S/c1-28-16-8-5-12(17(29)4-3-9-30-2)10-15(16)25-19(28)27-20-26-14-7-6-13(21(22,23)24)11-18(14)31-20/h5-8,10-11H,3-4,9H2,1-2H3,(H,25,26,27). The third-order valence-corrected chi connectivity index (χ3v) is 5.82. The maximum Gasteiger partial charge on any atom is 0.416 e. The molecule has 0 saturated carbocycles. The number of carbonyl (C=O) groups excluding carboxylic acids is 1. The molecule has 0 radical (unpaired) electrons. The molecule has 0 aliphatic carbocycles. The summed E-state index contributed by atoms with van der Waals surface area (Å²) in [6, 6.07) is 8.80. The Morgan fingerprint density at radius 3 is 2.71 bits per heavy atom. The van der Waals surface area contributed by atoms with Crippen molar-refractivity contribution >= 4 is 49.4 Å². The lowest BCUT2D eigenvalue weighted by atomic mass is 10.1. The van der Waals surface area contributed by atoms with E-state index in [0.717, 1.165) is 29.0 Å². The van der Waals surface area contributed by atoms with E-state index >= 15 is 0 Å². The second-order valence-electron chi connectivity index (χ2n) is 7.04. The molecule has 6 nitrogen and oxygen atoms in total. The predicted molar refractivity (Wildman–Crippen MR) is 114 cm³/mol. The van der Waals surface area contributed by atoms with E-state index in [1.54, 1.807) is 19.2 Å². The summed E-state index contributed by atoms with van der Waals surface area (Å²) in [5.41, 5.74) is 1.80. The van der Waals surface area contributed by atoms with Gasteiger partial charge in [0.15, 0.2) is 10.9 Å². The molecule has 31 heavy (non-hydrogen) atoms. The van der Waals surface area contributed by atoms with Gasteiger partial charge in [-0.3, -0.25) is 4.79 Å². The fourth-order valence-corrected chi connectivity index (χ4v) is 4.16. The highest BCUT2D eigenvalue weighted by Gasteiger charge is 2.30. The molecular formula is C21H19F3N4O2S. The van der Waals surface area contributed by atoms with Crippen molar-refractivity contribution in [3.8, 4) is 0 Å². The number of rotatable bonds is 7. The molecule has 2 aromatic heterocycles. The molecule has 0 amide bonds. The van der Waals surface area contributed by atoms with Gasteiger partial charge in [0, 0.05) is 32.7 Å². The van der Waals surface area contributed by atoms with Crippen molar-refractivity contribution in [1.82, 2.24) is 14.5 Å². The number of aromatic nitrogens is 3. The monoisotopic (exact) mass is 448 g/mol. The summed E-state index contributed by atoms with van der Waals surface area (Å²) >= 11 is 1.12. The molecule has 4 rings (SSSR count). The molecule has 0 saturated heterocycles. The predicted octanol–water partition coefficient (Wildman–Crippen LogP) is 5.55. The van der Waals surface area contributed by atoms with Crippen molar-refractivity contribution in [2.45, 2.75) is 19.0 Å². The maximum atomic E-state index is 12.9. The van der Waals surface area contributed by atoms with Gasteiger partial charge < -0.3 is 14.6 Å². The average Bonchev–Trinajstić information content (AvgIpc) is 3.27. The van der Waals surface area contributed by atoms with E-state index in [9.17, 15) is 18.0 Å². The minimum absolute atomic E-state index is 0.0192. The van der Waals surface area contributed by atoms with Crippen LogP contribution in [0.25, 0.3) is 21.3 Å². The van der Waals surface area contributed by atoms with Gasteiger partial charge in [0.25, 0.3) is 0 Å². The highest BCUT2D eigenvalue weighted by atomic mass is 32.1. The highest BCUT2D eigenvalue weighted by Crippen LogP contribution is 2.35. The average molecular weight is 448 g/mol. The summed E-state index contributed by atoms with van der Waals surface area (Å²) in [5.74, 6) is 0.500. The quantitative estimate of drug-likeness (QED) is 0.296. The van der Waals surface area contributed by atoms with Crippen molar-refractivity contribution in [2.75, 3.05) is 19.0 Å². The van der Waals surface area contributed by atoms with Crippen molar-refractivity contribution in [3.63, 3.8) is 0 Å². The molecule has 0 atom stereocenters. The van der Waals surface area contributed by atoms with Crippen molar-refractivity contribution in [3.05, 3.63) is 47.5 Å². The number of hydrogen-bond acceptors (Lipinski definition) is 6. The van der Waals surface area contributed by atoms with Gasteiger partial charge in [-0.2, -0.15) is 13.2 Å². The van der Waals surface area contributed by atoms with Gasteiger partial charge in [-0.05, 0) is 42.8 Å². The third-order valence-electron chi connectivity index (χ3n) is 4.89. The van der Waals surface area contributed by atoms with Crippen LogP contribution in [0.2, 0.25) is 0 Å². The first-order valence-electron chi connectivity index (χ1n) is 9.49. The molecular weight excluding hydrogens is 429 g/mol. The summed E-state index contributed by atoms with van der Waals surface area (Å²) in [6.45, 7) is 0.526. The Kier molecular flexibility index (Phi) is 5.67. The largest absolute Gasteiger partial charge is 0.416 e. The zero-order chi connectivity index (χ0) is 22.2. The molecule has 0 unspecified atom stereocenters. The van der Waals surface area contributed by atoms with Crippen LogP contribution in [0.1, 0.15) is 28.8 Å². The first kappa shape index (κ1) is 21.3. The number of methoxy groups -OCH3 is 1. The van der Waals surface area contributed by atoms with Gasteiger partial charge in [0.05, 0.1) is 26.8 Å². The van der Waals surface area contributed by atoms with Crippen molar-refractivity contribution < 1.29 is 22.7 Å². The number of alkyl halides is 3. The number of Topliss-reactive ketones (excluding diaryl/α,β-unsaturated/α-hetero) is 1. The molecule has 10 heteroatoms. The fraction of sp³-hybridized carbons (Fsp3) is 0.286. The number of fused-ring (bicyclic) bond motifs is 2. The number of carbonyl (C=O) groups is 1. The fourth-order valence-electron chi connectivity index (χ4n) is 3.26. The SMILES string of the molecule is COCCCC(=O)c1ccc2c(c1)nc(Nc1nc3ccc(C(F)(F)F)cc3s1)n2C. The second kappa shape index (κ2) is 8.27. The van der Waals surface area contributed by atoms with Crippen LogP contribution >= 0.6 is 11.3 Å². The van der Waals surface area contributed by atoms with E-state index in [-0.39, 0.29) is 5.78 Å². The van der Waals surface area contributed by atoms with Crippen LogP contribution in [-0.4, -0.2) is 34.0 Å². The van der Waals surface area contributed by atoms with Crippen LogP contribution in [0.3, 0.4) is 0 Å².